The van der Waals surface area contributed by atoms with Gasteiger partial charge in [-0.1, -0.05) is 47.2 Å². The van der Waals surface area contributed by atoms with Gasteiger partial charge in [0, 0.05) is 12.2 Å². The van der Waals surface area contributed by atoms with Crippen molar-refractivity contribution in [1.29, 1.82) is 0 Å². The third kappa shape index (κ3) is 2.57. The molecule has 0 bridgehead atoms. The normalized spacial score (nSPS) is 24.8. The highest BCUT2D eigenvalue weighted by molar-refractivity contribution is 9.09. The van der Waals surface area contributed by atoms with E-state index < -0.39 is 0 Å². The Bertz CT molecular complexity index is 815. The van der Waals surface area contributed by atoms with E-state index in [4.69, 9.17) is 5.10 Å². The van der Waals surface area contributed by atoms with Gasteiger partial charge in [0.15, 0.2) is 0 Å². The molecule has 2 N–H and O–H groups in total. The van der Waals surface area contributed by atoms with E-state index in [-0.39, 0.29) is 10.9 Å². The fourth-order valence-corrected chi connectivity index (χ4v) is 4.93. The van der Waals surface area contributed by atoms with Gasteiger partial charge in [-0.05, 0) is 18.1 Å². The van der Waals surface area contributed by atoms with Crippen LogP contribution in [0.1, 0.15) is 24.9 Å². The highest BCUT2D eigenvalue weighted by atomic mass is 79.9. The van der Waals surface area contributed by atoms with E-state index in [1.54, 1.807) is 22.0 Å². The predicted molar refractivity (Wildman–Crippen MR) is 92.2 cm³/mol. The van der Waals surface area contributed by atoms with Crippen molar-refractivity contribution in [3.05, 3.63) is 29.4 Å². The third-order valence-electron chi connectivity index (χ3n) is 3.95. The molecule has 0 radical (unpaired) electrons. The topological polar surface area (TPSA) is 80.0 Å². The zero-order valence-electron chi connectivity index (χ0n) is 12.6. The lowest BCUT2D eigenvalue weighted by Crippen LogP contribution is -2.36. The summed E-state index contributed by atoms with van der Waals surface area (Å²) in [6, 6.07) is 6.17. The number of fused-ring (bicyclic) bond motifs is 1. The lowest BCUT2D eigenvalue weighted by Gasteiger charge is -2.18. The Morgan fingerprint density at radius 1 is 1.26 bits per heavy atom. The van der Waals surface area contributed by atoms with Crippen LogP contribution in [0.25, 0.3) is 16.5 Å². The molecule has 0 aromatic carbocycles. The van der Waals surface area contributed by atoms with Gasteiger partial charge in [0.25, 0.3) is 0 Å². The van der Waals surface area contributed by atoms with E-state index in [1.165, 1.54) is 0 Å². The summed E-state index contributed by atoms with van der Waals surface area (Å²) in [6.07, 6.45) is 1.74. The average molecular weight is 394 g/mol. The Balaban J connectivity index is 1.70. The van der Waals surface area contributed by atoms with E-state index in [2.05, 4.69) is 55.8 Å². The molecule has 3 atom stereocenters. The fraction of sp³-hybridized carbons (Fsp3) is 0.429. The van der Waals surface area contributed by atoms with Gasteiger partial charge >= 0.3 is 0 Å². The molecule has 3 aromatic rings. The van der Waals surface area contributed by atoms with Crippen LogP contribution >= 0.6 is 27.3 Å². The number of aromatic nitrogens is 5. The lowest BCUT2D eigenvalue weighted by atomic mass is 10.00. The molecule has 3 unspecified atom stereocenters. The minimum absolute atomic E-state index is 0.102. The maximum atomic E-state index is 4.71. The van der Waals surface area contributed by atoms with Crippen molar-refractivity contribution in [2.45, 2.75) is 30.8 Å². The molecule has 9 heteroatoms. The number of hydrogen-bond acceptors (Lipinski definition) is 7. The molecule has 0 amide bonds. The average Bonchev–Trinajstić information content (AvgIpc) is 3.21. The zero-order chi connectivity index (χ0) is 16.0. The number of hydrazine groups is 1. The summed E-state index contributed by atoms with van der Waals surface area (Å²) in [6.45, 7) is 4.40. The van der Waals surface area contributed by atoms with Crippen LogP contribution in [0, 0.1) is 5.92 Å². The van der Waals surface area contributed by atoms with Gasteiger partial charge in [0.1, 0.15) is 10.7 Å². The number of halogens is 1. The van der Waals surface area contributed by atoms with Gasteiger partial charge in [-0.3, -0.25) is 10.4 Å². The molecule has 0 aliphatic carbocycles. The molecule has 3 aromatic heterocycles. The van der Waals surface area contributed by atoms with E-state index in [9.17, 15) is 0 Å². The highest BCUT2D eigenvalue weighted by Crippen LogP contribution is 2.34. The van der Waals surface area contributed by atoms with Crippen LogP contribution in [0.5, 0.6) is 0 Å². The molecule has 1 aliphatic rings. The summed E-state index contributed by atoms with van der Waals surface area (Å²) in [7, 11) is 0. The number of alkyl halides is 1. The van der Waals surface area contributed by atoms with Gasteiger partial charge in [-0.2, -0.15) is 9.61 Å². The first-order valence-corrected chi connectivity index (χ1v) is 9.17. The van der Waals surface area contributed by atoms with Crippen molar-refractivity contribution < 1.29 is 0 Å². The number of pyridine rings is 1. The van der Waals surface area contributed by atoms with Gasteiger partial charge in [0.2, 0.25) is 10.8 Å². The van der Waals surface area contributed by atoms with E-state index >= 15 is 0 Å². The summed E-state index contributed by atoms with van der Waals surface area (Å²) < 4.78 is 1.77. The smallest absolute Gasteiger partial charge is 0.235 e. The Morgan fingerprint density at radius 2 is 2.13 bits per heavy atom. The molecule has 120 valence electrons. The number of hydrogen-bond donors (Lipinski definition) is 2. The SMILES string of the molecule is CC(C)C1NNC(c2nn3c(-c4ccccn4)nnc3s2)C1Br. The number of nitrogens with one attached hydrogen (secondary N) is 2. The van der Waals surface area contributed by atoms with Crippen molar-refractivity contribution in [2.75, 3.05) is 0 Å². The highest BCUT2D eigenvalue weighted by Gasteiger charge is 2.38. The summed E-state index contributed by atoms with van der Waals surface area (Å²) in [5, 5.41) is 14.1. The maximum absolute atomic E-state index is 4.71. The van der Waals surface area contributed by atoms with Gasteiger partial charge in [-0.25, -0.2) is 5.43 Å². The third-order valence-corrected chi connectivity index (χ3v) is 6.03. The monoisotopic (exact) mass is 393 g/mol. The van der Waals surface area contributed by atoms with Crippen LogP contribution in [0.2, 0.25) is 0 Å². The van der Waals surface area contributed by atoms with Gasteiger partial charge < -0.3 is 0 Å². The standard InChI is InChI=1S/C14H16BrN7S/c1-7(2)10-9(15)11(18-17-10)13-21-22-12(19-20-14(22)23-13)8-5-3-4-6-16-8/h3-7,9-11,17-18H,1-2H3. The molecule has 0 spiro atoms. The largest absolute Gasteiger partial charge is 0.253 e. The van der Waals surface area contributed by atoms with Crippen molar-refractivity contribution in [2.24, 2.45) is 5.92 Å². The molecule has 23 heavy (non-hydrogen) atoms. The van der Waals surface area contributed by atoms with Crippen LogP contribution in [0.15, 0.2) is 24.4 Å². The van der Waals surface area contributed by atoms with Crippen LogP contribution in [-0.4, -0.2) is 35.7 Å². The number of nitrogens with zero attached hydrogens (tertiary/aromatic N) is 5. The first-order valence-electron chi connectivity index (χ1n) is 7.44. The first kappa shape index (κ1) is 15.1. The summed E-state index contributed by atoms with van der Waals surface area (Å²) in [4.78, 5) is 5.37. The van der Waals surface area contributed by atoms with Crippen LogP contribution < -0.4 is 10.9 Å². The minimum Gasteiger partial charge on any atom is -0.253 e. The summed E-state index contributed by atoms with van der Waals surface area (Å²) >= 11 is 5.35. The second kappa shape index (κ2) is 5.90. The van der Waals surface area contributed by atoms with E-state index in [1.807, 2.05) is 18.2 Å². The maximum Gasteiger partial charge on any atom is 0.235 e. The van der Waals surface area contributed by atoms with Crippen molar-refractivity contribution >= 4 is 32.2 Å². The molecule has 1 saturated heterocycles. The van der Waals surface area contributed by atoms with Crippen LogP contribution in [-0.2, 0) is 0 Å². The Kier molecular flexibility index (Phi) is 3.88. The van der Waals surface area contributed by atoms with Crippen LogP contribution in [0.4, 0.5) is 0 Å². The Labute approximate surface area is 145 Å². The Hall–Kier alpha value is -1.42. The minimum atomic E-state index is 0.102. The fourth-order valence-electron chi connectivity index (χ4n) is 2.70. The van der Waals surface area contributed by atoms with Gasteiger partial charge in [0.05, 0.1) is 10.9 Å². The molecule has 1 aliphatic heterocycles. The van der Waals surface area contributed by atoms with Crippen molar-refractivity contribution in [3.8, 4) is 11.5 Å². The molecular weight excluding hydrogens is 378 g/mol. The molecule has 1 fully saturated rings. The zero-order valence-corrected chi connectivity index (χ0v) is 15.0. The van der Waals surface area contributed by atoms with Crippen LogP contribution in [0.3, 0.4) is 0 Å². The summed E-state index contributed by atoms with van der Waals surface area (Å²) in [5.41, 5.74) is 7.46. The predicted octanol–water partition coefficient (Wildman–Crippen LogP) is 2.18. The van der Waals surface area contributed by atoms with Crippen molar-refractivity contribution in [3.63, 3.8) is 0 Å². The van der Waals surface area contributed by atoms with E-state index in [0.29, 0.717) is 17.8 Å². The van der Waals surface area contributed by atoms with Crippen molar-refractivity contribution in [1.82, 2.24) is 35.6 Å². The second-order valence-corrected chi connectivity index (χ2v) is 7.90. The lowest BCUT2D eigenvalue weighted by molar-refractivity contribution is 0.437. The molecule has 7 nitrogen and oxygen atoms in total. The Morgan fingerprint density at radius 3 is 2.83 bits per heavy atom. The molecule has 4 rings (SSSR count). The molecule has 4 heterocycles. The second-order valence-electron chi connectivity index (χ2n) is 5.85. The van der Waals surface area contributed by atoms with Gasteiger partial charge in [-0.15, -0.1) is 10.2 Å². The molecular formula is C14H16BrN7S. The van der Waals surface area contributed by atoms with E-state index in [0.717, 1.165) is 15.7 Å². The molecule has 0 saturated carbocycles. The first-order chi connectivity index (χ1) is 11.1. The quantitative estimate of drug-likeness (QED) is 0.663. The summed E-state index contributed by atoms with van der Waals surface area (Å²) in [5.74, 6) is 1.19. The number of rotatable bonds is 3.